The van der Waals surface area contributed by atoms with Crippen LogP contribution >= 0.6 is 0 Å². The number of benzene rings is 6. The largest absolute Gasteiger partial charge is 1.00 e. The van der Waals surface area contributed by atoms with Gasteiger partial charge in [-0.05, 0) is 51.9 Å². The van der Waals surface area contributed by atoms with E-state index < -0.39 is 0 Å². The van der Waals surface area contributed by atoms with Crippen LogP contribution in [0, 0.1) is 0 Å². The second-order valence-electron chi connectivity index (χ2n) is 11.2. The van der Waals surface area contributed by atoms with Gasteiger partial charge in [0.2, 0.25) is 0 Å². The number of para-hydroxylation sites is 1. The fourth-order valence-corrected chi connectivity index (χ4v) is 6.32. The fourth-order valence-electron chi connectivity index (χ4n) is 6.32. The van der Waals surface area contributed by atoms with Gasteiger partial charge in [0.1, 0.15) is 5.82 Å². The van der Waals surface area contributed by atoms with E-state index in [0.29, 0.717) is 17.5 Å². The Morgan fingerprint density at radius 2 is 1.04 bits per heavy atom. The van der Waals surface area contributed by atoms with E-state index in [4.69, 9.17) is 19.9 Å². The van der Waals surface area contributed by atoms with Crippen LogP contribution in [0.25, 0.3) is 83.3 Å². The molecule has 3 aromatic heterocycles. The molecule has 6 aromatic carbocycles. The smallest absolute Gasteiger partial charge is 0.165 e. The van der Waals surface area contributed by atoms with E-state index in [1.54, 1.807) is 0 Å². The van der Waals surface area contributed by atoms with Crippen LogP contribution in [0.15, 0.2) is 152 Å². The Labute approximate surface area is 262 Å². The molecule has 0 unspecified atom stereocenters. The topological polar surface area (TPSA) is 56.5 Å². The van der Waals surface area contributed by atoms with Crippen molar-refractivity contribution in [3.05, 3.63) is 152 Å². The summed E-state index contributed by atoms with van der Waals surface area (Å²) in [5.74, 6) is 2.68. The maximum atomic E-state index is 4.99. The molecule has 0 spiro atoms. The highest BCUT2D eigenvalue weighted by molar-refractivity contribution is 6.21. The van der Waals surface area contributed by atoms with E-state index in [1.165, 1.54) is 26.9 Å². The van der Waals surface area contributed by atoms with Crippen molar-refractivity contribution in [1.29, 1.82) is 0 Å². The Morgan fingerprint density at radius 1 is 0.422 bits per heavy atom. The maximum Gasteiger partial charge on any atom is 0.165 e. The van der Waals surface area contributed by atoms with E-state index in [9.17, 15) is 0 Å². The Hall–Kier alpha value is -6.20. The fraction of sp³-hybridized carbons (Fsp3) is 0. The van der Waals surface area contributed by atoms with Gasteiger partial charge in [-0.2, -0.15) is 0 Å². The number of hydrogen-bond donors (Lipinski definition) is 0. The first-order valence-electron chi connectivity index (χ1n) is 15.0. The number of aromatic nitrogens is 5. The molecule has 0 aliphatic rings. The molecule has 45 heavy (non-hydrogen) atoms. The second-order valence-corrected chi connectivity index (χ2v) is 11.2. The maximum absolute atomic E-state index is 4.99. The molecule has 0 saturated carbocycles. The van der Waals surface area contributed by atoms with Crippen molar-refractivity contribution in [3.63, 3.8) is 0 Å². The molecular formula is C40H27N5-2. The van der Waals surface area contributed by atoms with Crippen LogP contribution in [0.5, 0.6) is 0 Å². The van der Waals surface area contributed by atoms with Crippen molar-refractivity contribution in [2.75, 3.05) is 0 Å². The van der Waals surface area contributed by atoms with E-state index in [2.05, 4.69) is 114 Å². The van der Waals surface area contributed by atoms with E-state index in [1.807, 2.05) is 42.6 Å². The van der Waals surface area contributed by atoms with Crippen molar-refractivity contribution >= 4 is 43.4 Å². The molecule has 0 aliphatic heterocycles. The first kappa shape index (κ1) is 25.3. The molecular weight excluding hydrogens is 550 g/mol. The van der Waals surface area contributed by atoms with Crippen LogP contribution in [-0.4, -0.2) is 24.5 Å². The van der Waals surface area contributed by atoms with Crippen LogP contribution in [0.3, 0.4) is 0 Å². The molecule has 0 atom stereocenters. The summed E-state index contributed by atoms with van der Waals surface area (Å²) >= 11 is 0. The molecule has 0 N–H and O–H groups in total. The number of rotatable bonds is 4. The molecule has 0 bridgehead atoms. The van der Waals surface area contributed by atoms with Gasteiger partial charge in [-0.3, -0.25) is 4.57 Å². The monoisotopic (exact) mass is 577 g/mol. The molecule has 9 aromatic rings. The highest BCUT2D eigenvalue weighted by Gasteiger charge is 2.17. The SMILES string of the molecule is [H-].[H-].c1ccc(-c2nc(-c3ccc(-n4c5ccccc5c5c6ccccc6ccc54)nc3)nc(-c3ccc4ccccc4c3)n2)cc1. The lowest BCUT2D eigenvalue weighted by atomic mass is 10.0. The van der Waals surface area contributed by atoms with Crippen molar-refractivity contribution < 1.29 is 2.85 Å². The lowest BCUT2D eigenvalue weighted by Crippen LogP contribution is -2.01. The minimum Gasteiger partial charge on any atom is -1.00 e. The van der Waals surface area contributed by atoms with Crippen LogP contribution in [0.4, 0.5) is 0 Å². The molecule has 5 heteroatoms. The third kappa shape index (κ3) is 4.25. The summed E-state index contributed by atoms with van der Waals surface area (Å²) in [6.07, 6.45) is 1.87. The third-order valence-corrected chi connectivity index (χ3v) is 8.47. The van der Waals surface area contributed by atoms with Gasteiger partial charge in [0.05, 0.1) is 11.0 Å². The first-order chi connectivity index (χ1) is 22.3. The van der Waals surface area contributed by atoms with E-state index in [0.717, 1.165) is 38.9 Å². The average Bonchev–Trinajstić information content (AvgIpc) is 3.46. The quantitative estimate of drug-likeness (QED) is 0.209. The summed E-state index contributed by atoms with van der Waals surface area (Å²) in [6.45, 7) is 0. The number of pyridine rings is 1. The first-order valence-corrected chi connectivity index (χ1v) is 15.0. The van der Waals surface area contributed by atoms with Gasteiger partial charge in [0, 0.05) is 33.7 Å². The third-order valence-electron chi connectivity index (χ3n) is 8.47. The summed E-state index contributed by atoms with van der Waals surface area (Å²) in [7, 11) is 0. The summed E-state index contributed by atoms with van der Waals surface area (Å²) < 4.78 is 2.24. The predicted molar refractivity (Wildman–Crippen MR) is 186 cm³/mol. The zero-order chi connectivity index (χ0) is 29.7. The standard InChI is InChI=1S/C40H25N5.2H/c1-2-12-28(13-3-1)38-42-39(30-19-18-26-10-4-5-14-29(26)24-30)44-40(43-38)31-21-23-36(41-25-31)45-34-17-9-8-16-33(34)37-32-15-7-6-11-27(32)20-22-35(37)45;;/h1-25H;;/q;2*-1. The normalized spacial score (nSPS) is 11.6. The molecule has 0 aliphatic carbocycles. The molecule has 0 amide bonds. The van der Waals surface area contributed by atoms with Gasteiger partial charge < -0.3 is 2.85 Å². The van der Waals surface area contributed by atoms with Crippen LogP contribution < -0.4 is 0 Å². The number of fused-ring (bicyclic) bond motifs is 6. The minimum atomic E-state index is 0. The van der Waals surface area contributed by atoms with E-state index in [-0.39, 0.29) is 2.85 Å². The van der Waals surface area contributed by atoms with Gasteiger partial charge in [-0.15, -0.1) is 0 Å². The Bertz CT molecular complexity index is 2540. The van der Waals surface area contributed by atoms with Crippen molar-refractivity contribution in [3.8, 4) is 40.0 Å². The summed E-state index contributed by atoms with van der Waals surface area (Å²) in [5.41, 5.74) is 4.95. The highest BCUT2D eigenvalue weighted by Crippen LogP contribution is 2.36. The molecule has 0 fully saturated rings. The minimum absolute atomic E-state index is 0. The second kappa shape index (κ2) is 10.2. The van der Waals surface area contributed by atoms with Crippen LogP contribution in [0.1, 0.15) is 2.85 Å². The van der Waals surface area contributed by atoms with Gasteiger partial charge >= 0.3 is 0 Å². The summed E-state index contributed by atoms with van der Waals surface area (Å²) in [6, 6.07) is 50.3. The Balaban J connectivity index is 0.00000176. The molecule has 0 saturated heterocycles. The molecule has 0 radical (unpaired) electrons. The molecule has 214 valence electrons. The van der Waals surface area contributed by atoms with Crippen molar-refractivity contribution in [2.24, 2.45) is 0 Å². The van der Waals surface area contributed by atoms with Gasteiger partial charge in [-0.25, -0.2) is 19.9 Å². The zero-order valence-corrected chi connectivity index (χ0v) is 24.2. The van der Waals surface area contributed by atoms with Gasteiger partial charge in [0.15, 0.2) is 17.5 Å². The van der Waals surface area contributed by atoms with Crippen LogP contribution in [0.2, 0.25) is 0 Å². The number of hydrogen-bond acceptors (Lipinski definition) is 4. The van der Waals surface area contributed by atoms with Gasteiger partial charge in [-0.1, -0.05) is 115 Å². The number of nitrogens with zero attached hydrogens (tertiary/aromatic N) is 5. The zero-order valence-electron chi connectivity index (χ0n) is 26.2. The highest BCUT2D eigenvalue weighted by atomic mass is 15.1. The van der Waals surface area contributed by atoms with Crippen LogP contribution in [-0.2, 0) is 0 Å². The summed E-state index contributed by atoms with van der Waals surface area (Å²) in [5, 5.41) is 7.23. The molecule has 9 rings (SSSR count). The summed E-state index contributed by atoms with van der Waals surface area (Å²) in [4.78, 5) is 19.8. The van der Waals surface area contributed by atoms with Crippen molar-refractivity contribution in [1.82, 2.24) is 24.5 Å². The Kier molecular flexibility index (Phi) is 5.74. The molecule has 5 nitrogen and oxygen atoms in total. The lowest BCUT2D eigenvalue weighted by molar-refractivity contribution is 1.05. The van der Waals surface area contributed by atoms with E-state index >= 15 is 0 Å². The predicted octanol–water partition coefficient (Wildman–Crippen LogP) is 9.90. The Morgan fingerprint density at radius 3 is 1.84 bits per heavy atom. The average molecular weight is 578 g/mol. The molecule has 3 heterocycles. The van der Waals surface area contributed by atoms with Crippen molar-refractivity contribution in [2.45, 2.75) is 0 Å². The van der Waals surface area contributed by atoms with Gasteiger partial charge in [0.25, 0.3) is 0 Å². The lowest BCUT2D eigenvalue weighted by Gasteiger charge is -2.10.